The van der Waals surface area contributed by atoms with Gasteiger partial charge < -0.3 is 14.0 Å². The average Bonchev–Trinajstić information content (AvgIpc) is 3.17. The topological polar surface area (TPSA) is 73.7 Å². The third kappa shape index (κ3) is 3.54. The van der Waals surface area contributed by atoms with Crippen LogP contribution in [-0.2, 0) is 14.3 Å². The third-order valence-electron chi connectivity index (χ3n) is 5.68. The van der Waals surface area contributed by atoms with Crippen molar-refractivity contribution in [2.45, 2.75) is 32.7 Å². The van der Waals surface area contributed by atoms with Gasteiger partial charge in [0.25, 0.3) is 0 Å². The van der Waals surface area contributed by atoms with Gasteiger partial charge in [-0.1, -0.05) is 43.7 Å². The molecule has 2 atom stereocenters. The molecule has 0 saturated carbocycles. The van der Waals surface area contributed by atoms with Gasteiger partial charge in [-0.3, -0.25) is 14.5 Å². The first-order valence-electron chi connectivity index (χ1n) is 10.7. The van der Waals surface area contributed by atoms with Gasteiger partial charge in [-0.25, -0.2) is 4.98 Å². The van der Waals surface area contributed by atoms with Crippen LogP contribution in [0.5, 0.6) is 5.75 Å². The van der Waals surface area contributed by atoms with Crippen molar-refractivity contribution in [3.63, 3.8) is 0 Å². The zero-order chi connectivity index (χ0) is 22.0. The molecule has 0 bridgehead atoms. The summed E-state index contributed by atoms with van der Waals surface area (Å²) in [5, 5.41) is 0. The Morgan fingerprint density at radius 2 is 1.84 bits per heavy atom. The largest absolute Gasteiger partial charge is 0.496 e. The number of amides is 1. The number of unbranched alkanes of at least 4 members (excludes halogenated alkanes) is 1. The Morgan fingerprint density at radius 3 is 2.58 bits per heavy atom. The number of methoxy groups -OCH3 is 1. The minimum atomic E-state index is -1.03. The minimum absolute atomic E-state index is 0.202. The lowest BCUT2D eigenvalue weighted by Gasteiger charge is -2.38. The monoisotopic (exact) mass is 421 g/mol. The van der Waals surface area contributed by atoms with Gasteiger partial charge in [0, 0.05) is 12.1 Å². The Labute approximate surface area is 181 Å². The quantitative estimate of drug-likeness (QED) is 0.426. The van der Waals surface area contributed by atoms with E-state index in [0.29, 0.717) is 18.2 Å². The Hall–Kier alpha value is -3.35. The molecule has 0 fully saturated rings. The van der Waals surface area contributed by atoms with Gasteiger partial charge in [0.05, 0.1) is 30.8 Å². The van der Waals surface area contributed by atoms with Crippen molar-refractivity contribution in [3.8, 4) is 5.75 Å². The molecule has 1 aliphatic heterocycles. The summed E-state index contributed by atoms with van der Waals surface area (Å²) in [6.45, 7) is 4.51. The van der Waals surface area contributed by atoms with Crippen LogP contribution in [-0.4, -0.2) is 41.7 Å². The Kier molecular flexibility index (Phi) is 5.93. The molecule has 0 aliphatic carbocycles. The number of benzene rings is 2. The van der Waals surface area contributed by atoms with Gasteiger partial charge >= 0.3 is 5.97 Å². The Bertz CT molecular complexity index is 1110. The number of carbonyl (C=O) groups excluding carboxylic acids is 2. The number of carbonyl (C=O) groups is 2. The molecule has 1 aromatic heterocycles. The molecule has 0 radical (unpaired) electrons. The van der Waals surface area contributed by atoms with Gasteiger partial charge in [-0.05, 0) is 31.5 Å². The van der Waals surface area contributed by atoms with Crippen LogP contribution >= 0.6 is 0 Å². The number of rotatable bonds is 7. The van der Waals surface area contributed by atoms with E-state index in [0.717, 1.165) is 29.4 Å². The summed E-state index contributed by atoms with van der Waals surface area (Å²) >= 11 is 0. The van der Waals surface area contributed by atoms with Gasteiger partial charge in [0.15, 0.2) is 5.92 Å². The molecule has 0 N–H and O–H groups in total. The summed E-state index contributed by atoms with van der Waals surface area (Å²) in [6.07, 6.45) is 1.73. The number of ether oxygens (including phenoxy) is 2. The van der Waals surface area contributed by atoms with Crippen LogP contribution in [0.1, 0.15) is 38.3 Å². The van der Waals surface area contributed by atoms with Crippen LogP contribution in [0.3, 0.4) is 0 Å². The summed E-state index contributed by atoms with van der Waals surface area (Å²) in [5.41, 5.74) is 2.38. The molecule has 162 valence electrons. The molecule has 0 saturated heterocycles. The van der Waals surface area contributed by atoms with Crippen molar-refractivity contribution in [2.24, 2.45) is 5.92 Å². The number of esters is 1. The first kappa shape index (κ1) is 20.9. The van der Waals surface area contributed by atoms with E-state index < -0.39 is 17.9 Å². The number of hydrogen-bond acceptors (Lipinski definition) is 5. The van der Waals surface area contributed by atoms with E-state index in [1.54, 1.807) is 18.9 Å². The second kappa shape index (κ2) is 8.79. The zero-order valence-corrected chi connectivity index (χ0v) is 18.1. The predicted molar refractivity (Wildman–Crippen MR) is 118 cm³/mol. The highest BCUT2D eigenvalue weighted by molar-refractivity contribution is 6.08. The molecule has 4 rings (SSSR count). The van der Waals surface area contributed by atoms with Crippen molar-refractivity contribution < 1.29 is 19.1 Å². The summed E-state index contributed by atoms with van der Waals surface area (Å²) < 4.78 is 13.0. The fourth-order valence-corrected chi connectivity index (χ4v) is 4.26. The molecule has 31 heavy (non-hydrogen) atoms. The standard InChI is InChI=1S/C24H27N3O4/c1-4-6-15-26-22(28)20(23(29)31-5-2)21(16-11-7-10-14-19(16)30-3)27-18-13-9-8-12-17(18)25-24(26)27/h7-14,20-21H,4-6,15H2,1-3H3/t20-,21+/m0/s1. The summed E-state index contributed by atoms with van der Waals surface area (Å²) in [7, 11) is 1.59. The summed E-state index contributed by atoms with van der Waals surface area (Å²) in [4.78, 5) is 33.3. The molecular formula is C24H27N3O4. The van der Waals surface area contributed by atoms with E-state index in [2.05, 4.69) is 6.92 Å². The highest BCUT2D eigenvalue weighted by Crippen LogP contribution is 2.43. The van der Waals surface area contributed by atoms with Gasteiger partial charge in [0.2, 0.25) is 11.9 Å². The maximum absolute atomic E-state index is 13.7. The fourth-order valence-electron chi connectivity index (χ4n) is 4.26. The number of nitrogens with zero attached hydrogens (tertiary/aromatic N) is 3. The van der Waals surface area contributed by atoms with Crippen LogP contribution in [0.25, 0.3) is 11.0 Å². The third-order valence-corrected chi connectivity index (χ3v) is 5.68. The van der Waals surface area contributed by atoms with Gasteiger partial charge in [-0.2, -0.15) is 0 Å². The highest BCUT2D eigenvalue weighted by Gasteiger charge is 2.48. The van der Waals surface area contributed by atoms with Crippen LogP contribution in [0.4, 0.5) is 5.95 Å². The molecule has 2 aromatic carbocycles. The van der Waals surface area contributed by atoms with Crippen molar-refractivity contribution in [3.05, 3.63) is 54.1 Å². The van der Waals surface area contributed by atoms with Gasteiger partial charge in [-0.15, -0.1) is 0 Å². The minimum Gasteiger partial charge on any atom is -0.496 e. The van der Waals surface area contributed by atoms with Crippen LogP contribution in [0.2, 0.25) is 0 Å². The number of fused-ring (bicyclic) bond motifs is 3. The lowest BCUT2D eigenvalue weighted by atomic mass is 9.88. The number of anilines is 1. The number of imidazole rings is 1. The predicted octanol–water partition coefficient (Wildman–Crippen LogP) is 3.96. The molecular weight excluding hydrogens is 394 g/mol. The number of para-hydroxylation sites is 3. The lowest BCUT2D eigenvalue weighted by Crippen LogP contribution is -2.50. The van der Waals surface area contributed by atoms with E-state index in [9.17, 15) is 9.59 Å². The van der Waals surface area contributed by atoms with E-state index in [-0.39, 0.29) is 12.5 Å². The average molecular weight is 421 g/mol. The van der Waals surface area contributed by atoms with Crippen LogP contribution in [0.15, 0.2) is 48.5 Å². The smallest absolute Gasteiger partial charge is 0.321 e. The first-order valence-corrected chi connectivity index (χ1v) is 10.7. The molecule has 7 nitrogen and oxygen atoms in total. The molecule has 2 heterocycles. The maximum Gasteiger partial charge on any atom is 0.321 e. The van der Waals surface area contributed by atoms with Crippen LogP contribution in [0, 0.1) is 5.92 Å². The molecule has 0 spiro atoms. The molecule has 0 unspecified atom stereocenters. The zero-order valence-electron chi connectivity index (χ0n) is 18.1. The number of aromatic nitrogens is 2. The number of hydrogen-bond donors (Lipinski definition) is 0. The Morgan fingerprint density at radius 1 is 1.10 bits per heavy atom. The highest BCUT2D eigenvalue weighted by atomic mass is 16.5. The van der Waals surface area contributed by atoms with E-state index in [4.69, 9.17) is 14.5 Å². The second-order valence-corrected chi connectivity index (χ2v) is 7.53. The SMILES string of the molecule is CCCCN1C(=O)[C@@H](C(=O)OCC)[C@@H](c2ccccc2OC)n2c1nc1ccccc12. The molecule has 7 heteroatoms. The van der Waals surface area contributed by atoms with Crippen molar-refractivity contribution >= 4 is 28.9 Å². The van der Waals surface area contributed by atoms with Crippen LogP contribution < -0.4 is 9.64 Å². The van der Waals surface area contributed by atoms with Crippen molar-refractivity contribution in [2.75, 3.05) is 25.2 Å². The molecule has 1 amide bonds. The first-order chi connectivity index (χ1) is 15.1. The van der Waals surface area contributed by atoms with E-state index in [1.165, 1.54) is 0 Å². The second-order valence-electron chi connectivity index (χ2n) is 7.53. The van der Waals surface area contributed by atoms with Crippen molar-refractivity contribution in [1.29, 1.82) is 0 Å². The normalized spacial score (nSPS) is 18.2. The van der Waals surface area contributed by atoms with Crippen molar-refractivity contribution in [1.82, 2.24) is 9.55 Å². The fraction of sp³-hybridized carbons (Fsp3) is 0.375. The van der Waals surface area contributed by atoms with Gasteiger partial charge in [0.1, 0.15) is 5.75 Å². The Balaban J connectivity index is 2.01. The lowest BCUT2D eigenvalue weighted by molar-refractivity contribution is -0.153. The maximum atomic E-state index is 13.7. The summed E-state index contributed by atoms with van der Waals surface area (Å²) in [5.74, 6) is -0.686. The summed E-state index contributed by atoms with van der Waals surface area (Å²) in [6, 6.07) is 14.6. The molecule has 3 aromatic rings. The van der Waals surface area contributed by atoms with E-state index in [1.807, 2.05) is 53.1 Å². The van der Waals surface area contributed by atoms with E-state index >= 15 is 0 Å². The molecule has 1 aliphatic rings.